The van der Waals surface area contributed by atoms with Gasteiger partial charge in [-0.3, -0.25) is 18.9 Å². The van der Waals surface area contributed by atoms with Gasteiger partial charge in [0.1, 0.15) is 6.07 Å². The normalized spacial score (nSPS) is 15.3. The Morgan fingerprint density at radius 3 is 2.70 bits per heavy atom. The number of aromatic nitrogens is 5. The summed E-state index contributed by atoms with van der Waals surface area (Å²) < 4.78 is 4.38. The van der Waals surface area contributed by atoms with Crippen molar-refractivity contribution >= 4 is 17.1 Å². The third kappa shape index (κ3) is 4.39. The van der Waals surface area contributed by atoms with E-state index in [0.717, 1.165) is 24.0 Å². The largest absolute Gasteiger partial charge is 0.341 e. The molecule has 10 heteroatoms. The number of hydrogen-bond acceptors (Lipinski definition) is 7. The molecule has 1 fully saturated rings. The van der Waals surface area contributed by atoms with Crippen LogP contribution in [-0.4, -0.2) is 42.8 Å². The molecule has 0 amide bonds. The van der Waals surface area contributed by atoms with Crippen LogP contribution in [0.15, 0.2) is 58.4 Å². The van der Waals surface area contributed by atoms with Gasteiger partial charge in [-0.15, -0.1) is 5.92 Å². The molecular formula is C27H26N8O2. The van der Waals surface area contributed by atoms with Gasteiger partial charge in [0.25, 0.3) is 5.56 Å². The summed E-state index contributed by atoms with van der Waals surface area (Å²) in [4.78, 5) is 38.8. The maximum Gasteiger partial charge on any atom is 0.337 e. The van der Waals surface area contributed by atoms with Crippen molar-refractivity contribution < 1.29 is 0 Å². The summed E-state index contributed by atoms with van der Waals surface area (Å²) in [7, 11) is 0. The summed E-state index contributed by atoms with van der Waals surface area (Å²) in [5.41, 5.74) is 7.16. The van der Waals surface area contributed by atoms with Gasteiger partial charge in [-0.1, -0.05) is 24.1 Å². The minimum absolute atomic E-state index is 0.0108. The van der Waals surface area contributed by atoms with E-state index in [9.17, 15) is 14.9 Å². The number of hydrogen-bond donors (Lipinski definition) is 1. The van der Waals surface area contributed by atoms with Gasteiger partial charge < -0.3 is 10.6 Å². The van der Waals surface area contributed by atoms with E-state index < -0.39 is 11.2 Å². The Balaban J connectivity index is 1.84. The van der Waals surface area contributed by atoms with Crippen LogP contribution in [0.1, 0.15) is 30.9 Å². The zero-order chi connectivity index (χ0) is 25.9. The van der Waals surface area contributed by atoms with Gasteiger partial charge in [0.15, 0.2) is 11.2 Å². The SMILES string of the molecule is CC#CCn1c(N2CCCC(N)C2)nc2c1c(=O)n(Cc1ccncc1C#N)c(=O)n2-c1ccccc1. The number of rotatable bonds is 5. The fourth-order valence-electron chi connectivity index (χ4n) is 4.74. The number of anilines is 1. The van der Waals surface area contributed by atoms with Gasteiger partial charge in [-0.2, -0.15) is 10.2 Å². The van der Waals surface area contributed by atoms with Crippen LogP contribution in [0, 0.1) is 23.2 Å². The van der Waals surface area contributed by atoms with E-state index >= 15 is 0 Å². The minimum atomic E-state index is -0.544. The van der Waals surface area contributed by atoms with E-state index in [2.05, 4.69) is 27.8 Å². The second-order valence-electron chi connectivity index (χ2n) is 8.93. The highest BCUT2D eigenvalue weighted by atomic mass is 16.2. The summed E-state index contributed by atoms with van der Waals surface area (Å²) in [5, 5.41) is 9.54. The van der Waals surface area contributed by atoms with Gasteiger partial charge in [0, 0.05) is 31.5 Å². The first-order chi connectivity index (χ1) is 18.0. The Morgan fingerprint density at radius 1 is 1.16 bits per heavy atom. The molecule has 2 N–H and O–H groups in total. The predicted octanol–water partition coefficient (Wildman–Crippen LogP) is 1.61. The molecule has 10 nitrogen and oxygen atoms in total. The van der Waals surface area contributed by atoms with Crippen molar-refractivity contribution in [2.75, 3.05) is 18.0 Å². The molecule has 0 radical (unpaired) electrons. The van der Waals surface area contributed by atoms with Crippen LogP contribution in [0.5, 0.6) is 0 Å². The van der Waals surface area contributed by atoms with E-state index in [1.807, 2.05) is 18.2 Å². The van der Waals surface area contributed by atoms with Crippen LogP contribution in [0.2, 0.25) is 0 Å². The zero-order valence-electron chi connectivity index (χ0n) is 20.5. The van der Waals surface area contributed by atoms with Crippen molar-refractivity contribution in [1.82, 2.24) is 23.7 Å². The number of fused-ring (bicyclic) bond motifs is 1. The molecule has 1 unspecified atom stereocenters. The van der Waals surface area contributed by atoms with E-state index in [1.54, 1.807) is 29.7 Å². The number of nitrogens with zero attached hydrogens (tertiary/aromatic N) is 7. The minimum Gasteiger partial charge on any atom is -0.341 e. The molecule has 0 saturated carbocycles. The Labute approximate surface area is 213 Å². The molecule has 0 spiro atoms. The molecule has 1 aliphatic rings. The maximum absolute atomic E-state index is 14.0. The topological polar surface area (TPSA) is 128 Å². The third-order valence-electron chi connectivity index (χ3n) is 6.54. The zero-order valence-corrected chi connectivity index (χ0v) is 20.5. The number of piperidine rings is 1. The molecule has 4 heterocycles. The van der Waals surface area contributed by atoms with Gasteiger partial charge in [0.05, 0.1) is 24.3 Å². The van der Waals surface area contributed by atoms with Crippen LogP contribution >= 0.6 is 0 Å². The van der Waals surface area contributed by atoms with E-state index in [-0.39, 0.29) is 30.3 Å². The van der Waals surface area contributed by atoms with E-state index in [0.29, 0.717) is 29.3 Å². The predicted molar refractivity (Wildman–Crippen MR) is 141 cm³/mol. The van der Waals surface area contributed by atoms with Crippen LogP contribution in [0.3, 0.4) is 0 Å². The number of imidazole rings is 1. The molecule has 1 saturated heterocycles. The Morgan fingerprint density at radius 2 is 1.97 bits per heavy atom. The second-order valence-corrected chi connectivity index (χ2v) is 8.93. The smallest absolute Gasteiger partial charge is 0.337 e. The first kappa shape index (κ1) is 24.0. The summed E-state index contributed by atoms with van der Waals surface area (Å²) in [6.45, 7) is 3.22. The quantitative estimate of drug-likeness (QED) is 0.418. The van der Waals surface area contributed by atoms with Gasteiger partial charge >= 0.3 is 5.69 Å². The van der Waals surface area contributed by atoms with Gasteiger partial charge in [-0.25, -0.2) is 9.36 Å². The number of benzene rings is 1. The molecule has 4 aromatic rings. The molecule has 186 valence electrons. The van der Waals surface area contributed by atoms with Crippen molar-refractivity contribution in [3.05, 3.63) is 80.8 Å². The lowest BCUT2D eigenvalue weighted by atomic mass is 10.1. The van der Waals surface area contributed by atoms with E-state index in [4.69, 9.17) is 10.7 Å². The average Bonchev–Trinajstić information content (AvgIpc) is 3.30. The Hall–Kier alpha value is -4.67. The van der Waals surface area contributed by atoms with Crippen LogP contribution in [-0.2, 0) is 13.1 Å². The lowest BCUT2D eigenvalue weighted by Gasteiger charge is -2.31. The monoisotopic (exact) mass is 494 g/mol. The number of nitrogens with two attached hydrogens (primary N) is 1. The molecule has 3 aromatic heterocycles. The lowest BCUT2D eigenvalue weighted by molar-refractivity contribution is 0.496. The molecule has 1 atom stereocenters. The molecule has 1 aromatic carbocycles. The summed E-state index contributed by atoms with van der Waals surface area (Å²) in [5.74, 6) is 6.51. The Kier molecular flexibility index (Phi) is 6.59. The van der Waals surface area contributed by atoms with Crippen molar-refractivity contribution in [1.29, 1.82) is 5.26 Å². The second kappa shape index (κ2) is 10.1. The molecule has 5 rings (SSSR count). The molecule has 0 bridgehead atoms. The third-order valence-corrected chi connectivity index (χ3v) is 6.54. The van der Waals surface area contributed by atoms with Crippen LogP contribution in [0.25, 0.3) is 16.9 Å². The Bertz CT molecular complexity index is 1680. The van der Waals surface area contributed by atoms with Crippen molar-refractivity contribution in [3.8, 4) is 23.6 Å². The number of nitriles is 1. The highest BCUT2D eigenvalue weighted by molar-refractivity contribution is 5.77. The summed E-state index contributed by atoms with van der Waals surface area (Å²) in [6, 6.07) is 12.8. The molecule has 1 aliphatic heterocycles. The summed E-state index contributed by atoms with van der Waals surface area (Å²) in [6.07, 6.45) is 4.78. The molecule has 37 heavy (non-hydrogen) atoms. The fourth-order valence-corrected chi connectivity index (χ4v) is 4.74. The molecular weight excluding hydrogens is 468 g/mol. The van der Waals surface area contributed by atoms with Gasteiger partial charge in [0.2, 0.25) is 5.95 Å². The number of pyridine rings is 1. The van der Waals surface area contributed by atoms with Gasteiger partial charge in [-0.05, 0) is 43.5 Å². The average molecular weight is 495 g/mol. The highest BCUT2D eigenvalue weighted by Crippen LogP contribution is 2.24. The van der Waals surface area contributed by atoms with Crippen molar-refractivity contribution in [2.24, 2.45) is 5.73 Å². The molecule has 0 aliphatic carbocycles. The standard InChI is InChI=1S/C27H26N8O2/c1-2-3-14-33-23-24(31-26(33)32-13-7-8-21(29)18-32)35(22-9-5-4-6-10-22)27(37)34(25(23)36)17-19-11-12-30-16-20(19)15-28/h4-6,9-12,16,21H,7-8,13-14,17-18,29H2,1H3. The first-order valence-corrected chi connectivity index (χ1v) is 12.1. The maximum atomic E-state index is 14.0. The lowest BCUT2D eigenvalue weighted by Crippen LogP contribution is -2.44. The van der Waals surface area contributed by atoms with E-state index in [1.165, 1.54) is 17.0 Å². The van der Waals surface area contributed by atoms with Crippen LogP contribution in [0.4, 0.5) is 5.95 Å². The highest BCUT2D eigenvalue weighted by Gasteiger charge is 2.27. The van der Waals surface area contributed by atoms with Crippen LogP contribution < -0.4 is 21.9 Å². The summed E-state index contributed by atoms with van der Waals surface area (Å²) >= 11 is 0. The van der Waals surface area contributed by atoms with Crippen molar-refractivity contribution in [3.63, 3.8) is 0 Å². The van der Waals surface area contributed by atoms with Crippen molar-refractivity contribution in [2.45, 2.75) is 38.9 Å². The fraction of sp³-hybridized carbons (Fsp3) is 0.296. The number of para-hydroxylation sites is 1. The first-order valence-electron chi connectivity index (χ1n) is 12.1.